The van der Waals surface area contributed by atoms with E-state index in [9.17, 15) is 0 Å². The van der Waals surface area contributed by atoms with Gasteiger partial charge in [0.2, 0.25) is 0 Å². The molecule has 0 aromatic heterocycles. The molecule has 0 bridgehead atoms. The number of morpholine rings is 1. The first-order valence-corrected chi connectivity index (χ1v) is 9.71. The van der Waals surface area contributed by atoms with Gasteiger partial charge in [0, 0.05) is 46.4 Å². The van der Waals surface area contributed by atoms with Gasteiger partial charge in [-0.3, -0.25) is 9.89 Å². The van der Waals surface area contributed by atoms with Crippen LogP contribution in [0.3, 0.4) is 0 Å². The van der Waals surface area contributed by atoms with Crippen molar-refractivity contribution in [3.05, 3.63) is 35.4 Å². The maximum atomic E-state index is 5.65. The lowest BCUT2D eigenvalue weighted by Gasteiger charge is -2.31. The van der Waals surface area contributed by atoms with Gasteiger partial charge in [-0.15, -0.1) is 0 Å². The summed E-state index contributed by atoms with van der Waals surface area (Å²) in [5.74, 6) is 0.827. The predicted molar refractivity (Wildman–Crippen MR) is 104 cm³/mol. The van der Waals surface area contributed by atoms with E-state index in [0.29, 0.717) is 12.2 Å². The molecule has 6 nitrogen and oxygen atoms in total. The molecule has 1 aromatic carbocycles. The van der Waals surface area contributed by atoms with Gasteiger partial charge in [-0.1, -0.05) is 24.3 Å². The lowest BCUT2D eigenvalue weighted by molar-refractivity contribution is -0.0212. The summed E-state index contributed by atoms with van der Waals surface area (Å²) >= 11 is 0. The van der Waals surface area contributed by atoms with E-state index in [1.165, 1.54) is 11.1 Å². The molecule has 6 heteroatoms. The van der Waals surface area contributed by atoms with Gasteiger partial charge in [-0.2, -0.15) is 0 Å². The fourth-order valence-electron chi connectivity index (χ4n) is 3.55. The van der Waals surface area contributed by atoms with Crippen molar-refractivity contribution >= 4 is 5.96 Å². The fraction of sp³-hybridized carbons (Fsp3) is 0.650. The zero-order chi connectivity index (χ0) is 18.2. The first kappa shape index (κ1) is 19.1. The van der Waals surface area contributed by atoms with E-state index < -0.39 is 0 Å². The van der Waals surface area contributed by atoms with Gasteiger partial charge in [0.05, 0.1) is 18.8 Å². The molecule has 0 saturated carbocycles. The van der Waals surface area contributed by atoms with Gasteiger partial charge < -0.3 is 20.1 Å². The minimum atomic E-state index is 0.313. The highest BCUT2D eigenvalue weighted by atomic mass is 16.5. The summed E-state index contributed by atoms with van der Waals surface area (Å²) in [7, 11) is 1.81. The van der Waals surface area contributed by atoms with Crippen molar-refractivity contribution in [1.82, 2.24) is 15.5 Å². The Hall–Kier alpha value is -1.63. The second-order valence-electron chi connectivity index (χ2n) is 7.18. The molecule has 2 fully saturated rings. The van der Waals surface area contributed by atoms with E-state index in [2.05, 4.69) is 51.7 Å². The number of nitrogens with zero attached hydrogens (tertiary/aromatic N) is 2. The molecule has 2 unspecified atom stereocenters. The summed E-state index contributed by atoms with van der Waals surface area (Å²) in [6.45, 7) is 8.42. The third-order valence-electron chi connectivity index (χ3n) is 4.93. The number of benzene rings is 1. The third kappa shape index (κ3) is 5.97. The van der Waals surface area contributed by atoms with Crippen molar-refractivity contribution in [2.75, 3.05) is 39.9 Å². The Kier molecular flexibility index (Phi) is 7.29. The van der Waals surface area contributed by atoms with Gasteiger partial charge in [-0.05, 0) is 30.9 Å². The number of rotatable bonds is 6. The second-order valence-corrected chi connectivity index (χ2v) is 7.18. The van der Waals surface area contributed by atoms with Crippen molar-refractivity contribution in [2.45, 2.75) is 45.1 Å². The normalized spacial score (nSPS) is 24.6. The molecule has 26 heavy (non-hydrogen) atoms. The van der Waals surface area contributed by atoms with E-state index >= 15 is 0 Å². The average Bonchev–Trinajstić information content (AvgIpc) is 3.16. The van der Waals surface area contributed by atoms with E-state index in [0.717, 1.165) is 64.7 Å². The Morgan fingerprint density at radius 1 is 1.23 bits per heavy atom. The number of hydrogen-bond acceptors (Lipinski definition) is 4. The average molecular weight is 361 g/mol. The van der Waals surface area contributed by atoms with Crippen LogP contribution >= 0.6 is 0 Å². The molecule has 0 amide bonds. The molecule has 2 heterocycles. The molecule has 3 rings (SSSR count). The van der Waals surface area contributed by atoms with Crippen LogP contribution in [0, 0.1) is 0 Å². The lowest BCUT2D eigenvalue weighted by atomic mass is 10.1. The summed E-state index contributed by atoms with van der Waals surface area (Å²) < 4.78 is 11.3. The maximum absolute atomic E-state index is 5.65. The minimum absolute atomic E-state index is 0.313. The highest BCUT2D eigenvalue weighted by molar-refractivity contribution is 5.79. The summed E-state index contributed by atoms with van der Waals surface area (Å²) in [5.41, 5.74) is 2.62. The van der Waals surface area contributed by atoms with Crippen LogP contribution in [0.15, 0.2) is 29.3 Å². The maximum Gasteiger partial charge on any atom is 0.191 e. The zero-order valence-electron chi connectivity index (χ0n) is 16.0. The fourth-order valence-corrected chi connectivity index (χ4v) is 3.55. The molecule has 0 radical (unpaired) electrons. The molecule has 144 valence electrons. The van der Waals surface area contributed by atoms with Crippen LogP contribution < -0.4 is 10.6 Å². The molecule has 0 aliphatic carbocycles. The Morgan fingerprint density at radius 3 is 2.88 bits per heavy atom. The Bertz CT molecular complexity index is 587. The number of nitrogens with one attached hydrogen (secondary N) is 2. The second kappa shape index (κ2) is 9.90. The summed E-state index contributed by atoms with van der Waals surface area (Å²) in [4.78, 5) is 6.77. The largest absolute Gasteiger partial charge is 0.376 e. The smallest absolute Gasteiger partial charge is 0.191 e. The topological polar surface area (TPSA) is 58.1 Å². The standard InChI is InChI=1S/C20H32N4O2/c1-16-14-24(8-10-25-16)15-18-6-3-5-17(11-18)12-22-20(21-2)23-13-19-7-4-9-26-19/h3,5-6,11,16,19H,4,7-10,12-15H2,1-2H3,(H2,21,22,23). The first-order valence-electron chi connectivity index (χ1n) is 9.71. The molecule has 2 aliphatic rings. The Labute approximate surface area is 157 Å². The molecular formula is C20H32N4O2. The van der Waals surface area contributed by atoms with Crippen LogP contribution in [0.2, 0.25) is 0 Å². The molecular weight excluding hydrogens is 328 g/mol. The van der Waals surface area contributed by atoms with Gasteiger partial charge >= 0.3 is 0 Å². The van der Waals surface area contributed by atoms with E-state index in [1.54, 1.807) is 7.05 Å². The number of ether oxygens (including phenoxy) is 2. The quantitative estimate of drug-likeness (QED) is 0.598. The highest BCUT2D eigenvalue weighted by Crippen LogP contribution is 2.12. The van der Waals surface area contributed by atoms with Crippen molar-refractivity contribution in [2.24, 2.45) is 4.99 Å². The van der Waals surface area contributed by atoms with Gasteiger partial charge in [0.15, 0.2) is 5.96 Å². The Balaban J connectivity index is 1.46. The zero-order valence-corrected chi connectivity index (χ0v) is 16.0. The molecule has 0 spiro atoms. The monoisotopic (exact) mass is 360 g/mol. The van der Waals surface area contributed by atoms with Gasteiger partial charge in [-0.25, -0.2) is 0 Å². The van der Waals surface area contributed by atoms with E-state index in [-0.39, 0.29) is 0 Å². The summed E-state index contributed by atoms with van der Waals surface area (Å²) in [6, 6.07) is 8.78. The SMILES string of the molecule is CN=C(NCc1cccc(CN2CCOC(C)C2)c1)NCC1CCCO1. The van der Waals surface area contributed by atoms with Crippen molar-refractivity contribution < 1.29 is 9.47 Å². The summed E-state index contributed by atoms with van der Waals surface area (Å²) in [5, 5.41) is 6.76. The van der Waals surface area contributed by atoms with Crippen LogP contribution in [-0.4, -0.2) is 63.0 Å². The van der Waals surface area contributed by atoms with Crippen LogP contribution in [-0.2, 0) is 22.6 Å². The molecule has 2 atom stereocenters. The van der Waals surface area contributed by atoms with Crippen molar-refractivity contribution in [3.8, 4) is 0 Å². The summed E-state index contributed by atoms with van der Waals surface area (Å²) in [6.07, 6.45) is 2.93. The predicted octanol–water partition coefficient (Wildman–Crippen LogP) is 1.75. The van der Waals surface area contributed by atoms with Gasteiger partial charge in [0.25, 0.3) is 0 Å². The van der Waals surface area contributed by atoms with E-state index in [4.69, 9.17) is 9.47 Å². The van der Waals surface area contributed by atoms with Crippen molar-refractivity contribution in [1.29, 1.82) is 0 Å². The first-order chi connectivity index (χ1) is 12.7. The molecule has 2 aliphatic heterocycles. The molecule has 1 aromatic rings. The minimum Gasteiger partial charge on any atom is -0.376 e. The van der Waals surface area contributed by atoms with Crippen molar-refractivity contribution in [3.63, 3.8) is 0 Å². The number of hydrogen-bond donors (Lipinski definition) is 2. The van der Waals surface area contributed by atoms with Crippen LogP contribution in [0.4, 0.5) is 0 Å². The van der Waals surface area contributed by atoms with Crippen LogP contribution in [0.5, 0.6) is 0 Å². The molecule has 2 N–H and O–H groups in total. The molecule has 2 saturated heterocycles. The van der Waals surface area contributed by atoms with Gasteiger partial charge in [0.1, 0.15) is 0 Å². The lowest BCUT2D eigenvalue weighted by Crippen LogP contribution is -2.41. The van der Waals surface area contributed by atoms with E-state index in [1.807, 2.05) is 0 Å². The highest BCUT2D eigenvalue weighted by Gasteiger charge is 2.17. The Morgan fingerprint density at radius 2 is 2.12 bits per heavy atom. The van der Waals surface area contributed by atoms with Crippen LogP contribution in [0.1, 0.15) is 30.9 Å². The number of aliphatic imine (C=N–C) groups is 1. The third-order valence-corrected chi connectivity index (χ3v) is 4.93. The number of guanidine groups is 1. The van der Waals surface area contributed by atoms with Crippen LogP contribution in [0.25, 0.3) is 0 Å².